The average molecular weight is 451 g/mol. The molecule has 1 unspecified atom stereocenters. The number of carbonyl (C=O) groups excluding carboxylic acids is 2. The molecular formula is C26H27FN2O4. The Hall–Kier alpha value is -3.61. The maximum atomic E-state index is 15.0. The van der Waals surface area contributed by atoms with E-state index in [0.717, 1.165) is 31.2 Å². The zero-order chi connectivity index (χ0) is 23.2. The van der Waals surface area contributed by atoms with E-state index in [0.29, 0.717) is 5.75 Å². The third-order valence-electron chi connectivity index (χ3n) is 5.94. The van der Waals surface area contributed by atoms with Gasteiger partial charge in [-0.15, -0.1) is 0 Å². The standard InChI is InChI=1S/C26H27FN2O4/c1-32-20-11-6-8-18(16-20)17-29(26(31)23-14-7-15-33-23)24(21-12-4-5-13-22(21)27)25(30)28-19-9-2-3-10-19/h4-8,11-16,19,24H,2-3,9-10,17H2,1H3,(H,28,30). The van der Waals surface area contributed by atoms with E-state index in [1.165, 1.54) is 23.3 Å². The summed E-state index contributed by atoms with van der Waals surface area (Å²) in [5.74, 6) is -0.761. The highest BCUT2D eigenvalue weighted by Crippen LogP contribution is 2.29. The molecule has 1 heterocycles. The van der Waals surface area contributed by atoms with Gasteiger partial charge < -0.3 is 19.4 Å². The van der Waals surface area contributed by atoms with Crippen molar-refractivity contribution in [3.8, 4) is 5.75 Å². The number of benzene rings is 2. The van der Waals surface area contributed by atoms with Crippen LogP contribution in [0.3, 0.4) is 0 Å². The number of hydrogen-bond acceptors (Lipinski definition) is 4. The summed E-state index contributed by atoms with van der Waals surface area (Å²) >= 11 is 0. The van der Waals surface area contributed by atoms with Crippen LogP contribution >= 0.6 is 0 Å². The maximum absolute atomic E-state index is 15.0. The molecule has 1 aliphatic carbocycles. The molecule has 0 bridgehead atoms. The largest absolute Gasteiger partial charge is 0.497 e. The summed E-state index contributed by atoms with van der Waals surface area (Å²) < 4.78 is 25.6. The molecule has 33 heavy (non-hydrogen) atoms. The molecule has 1 fully saturated rings. The lowest BCUT2D eigenvalue weighted by molar-refractivity contribution is -0.127. The Morgan fingerprint density at radius 3 is 2.61 bits per heavy atom. The molecule has 0 spiro atoms. The van der Waals surface area contributed by atoms with Gasteiger partial charge in [-0.05, 0) is 48.7 Å². The molecule has 1 N–H and O–H groups in total. The fourth-order valence-corrected chi connectivity index (χ4v) is 4.29. The van der Waals surface area contributed by atoms with Crippen molar-refractivity contribution < 1.29 is 23.1 Å². The molecule has 4 rings (SSSR count). The monoisotopic (exact) mass is 450 g/mol. The van der Waals surface area contributed by atoms with E-state index in [2.05, 4.69) is 5.32 Å². The predicted molar refractivity (Wildman–Crippen MR) is 121 cm³/mol. The number of ether oxygens (including phenoxy) is 1. The second-order valence-electron chi connectivity index (χ2n) is 8.18. The van der Waals surface area contributed by atoms with Crippen LogP contribution in [-0.4, -0.2) is 29.9 Å². The molecule has 7 heteroatoms. The molecule has 2 amide bonds. The Morgan fingerprint density at radius 2 is 1.91 bits per heavy atom. The maximum Gasteiger partial charge on any atom is 0.290 e. The van der Waals surface area contributed by atoms with E-state index in [1.54, 1.807) is 49.6 Å². The van der Waals surface area contributed by atoms with Crippen LogP contribution in [0, 0.1) is 5.82 Å². The minimum atomic E-state index is -1.17. The summed E-state index contributed by atoms with van der Waals surface area (Å²) in [6, 6.07) is 15.3. The van der Waals surface area contributed by atoms with Crippen LogP contribution in [0.5, 0.6) is 5.75 Å². The molecule has 1 saturated carbocycles. The van der Waals surface area contributed by atoms with Crippen LogP contribution in [0.2, 0.25) is 0 Å². The Labute approximate surface area is 192 Å². The zero-order valence-corrected chi connectivity index (χ0v) is 18.5. The van der Waals surface area contributed by atoms with Crippen LogP contribution in [-0.2, 0) is 11.3 Å². The van der Waals surface area contributed by atoms with Crippen LogP contribution in [0.15, 0.2) is 71.3 Å². The fraction of sp³-hybridized carbons (Fsp3) is 0.308. The van der Waals surface area contributed by atoms with Gasteiger partial charge in [-0.1, -0.05) is 43.2 Å². The normalized spacial score (nSPS) is 14.6. The van der Waals surface area contributed by atoms with Crippen LogP contribution in [0.25, 0.3) is 0 Å². The minimum absolute atomic E-state index is 0.0177. The molecule has 0 saturated heterocycles. The third kappa shape index (κ3) is 5.25. The Kier molecular flexibility index (Phi) is 7.07. The van der Waals surface area contributed by atoms with E-state index in [9.17, 15) is 14.0 Å². The van der Waals surface area contributed by atoms with Crippen molar-refractivity contribution in [1.29, 1.82) is 0 Å². The summed E-state index contributed by atoms with van der Waals surface area (Å²) in [4.78, 5) is 28.4. The molecule has 0 radical (unpaired) electrons. The summed E-state index contributed by atoms with van der Waals surface area (Å²) in [5, 5.41) is 3.04. The third-order valence-corrected chi connectivity index (χ3v) is 5.94. The lowest BCUT2D eigenvalue weighted by Gasteiger charge is -2.32. The van der Waals surface area contributed by atoms with Crippen molar-refractivity contribution in [3.05, 3.63) is 89.6 Å². The topological polar surface area (TPSA) is 71.8 Å². The first-order valence-corrected chi connectivity index (χ1v) is 11.1. The molecule has 6 nitrogen and oxygen atoms in total. The molecule has 2 aromatic carbocycles. The second kappa shape index (κ2) is 10.3. The van der Waals surface area contributed by atoms with Crippen molar-refractivity contribution in [2.24, 2.45) is 0 Å². The van der Waals surface area contributed by atoms with Crippen molar-refractivity contribution >= 4 is 11.8 Å². The average Bonchev–Trinajstić information content (AvgIpc) is 3.54. The lowest BCUT2D eigenvalue weighted by Crippen LogP contribution is -2.46. The Bertz CT molecular complexity index is 1090. The summed E-state index contributed by atoms with van der Waals surface area (Å²) in [5.41, 5.74) is 0.875. The molecule has 1 atom stereocenters. The summed E-state index contributed by atoms with van der Waals surface area (Å²) in [6.45, 7) is 0.0633. The molecular weight excluding hydrogens is 423 g/mol. The van der Waals surface area contributed by atoms with Crippen molar-refractivity contribution in [2.45, 2.75) is 44.3 Å². The lowest BCUT2D eigenvalue weighted by atomic mass is 10.0. The van der Waals surface area contributed by atoms with Gasteiger partial charge in [0.2, 0.25) is 5.91 Å². The van der Waals surface area contributed by atoms with Crippen molar-refractivity contribution in [2.75, 3.05) is 7.11 Å². The minimum Gasteiger partial charge on any atom is -0.497 e. The number of nitrogens with zero attached hydrogens (tertiary/aromatic N) is 1. The fourth-order valence-electron chi connectivity index (χ4n) is 4.29. The highest BCUT2D eigenvalue weighted by Gasteiger charge is 2.36. The molecule has 3 aromatic rings. The Morgan fingerprint density at radius 1 is 1.12 bits per heavy atom. The quantitative estimate of drug-likeness (QED) is 0.532. The molecule has 172 valence electrons. The van der Waals surface area contributed by atoms with Crippen molar-refractivity contribution in [3.63, 3.8) is 0 Å². The first-order valence-electron chi connectivity index (χ1n) is 11.1. The van der Waals surface area contributed by atoms with E-state index in [-0.39, 0.29) is 23.9 Å². The van der Waals surface area contributed by atoms with Crippen molar-refractivity contribution in [1.82, 2.24) is 10.2 Å². The smallest absolute Gasteiger partial charge is 0.290 e. The number of hydrogen-bond donors (Lipinski definition) is 1. The number of nitrogens with one attached hydrogen (secondary N) is 1. The Balaban J connectivity index is 1.76. The van der Waals surface area contributed by atoms with Gasteiger partial charge in [0, 0.05) is 18.2 Å². The van der Waals surface area contributed by atoms with Crippen LogP contribution in [0.4, 0.5) is 4.39 Å². The number of amides is 2. The van der Waals surface area contributed by atoms with Gasteiger partial charge in [-0.2, -0.15) is 0 Å². The van der Waals surface area contributed by atoms with Gasteiger partial charge in [0.05, 0.1) is 13.4 Å². The highest BCUT2D eigenvalue weighted by atomic mass is 19.1. The van der Waals surface area contributed by atoms with Gasteiger partial charge >= 0.3 is 0 Å². The first-order chi connectivity index (χ1) is 16.1. The second-order valence-corrected chi connectivity index (χ2v) is 8.18. The zero-order valence-electron chi connectivity index (χ0n) is 18.5. The summed E-state index contributed by atoms with van der Waals surface area (Å²) in [7, 11) is 1.56. The van der Waals surface area contributed by atoms with E-state index >= 15 is 0 Å². The SMILES string of the molecule is COc1cccc(CN(C(=O)c2ccco2)C(C(=O)NC2CCCC2)c2ccccc2F)c1. The predicted octanol–water partition coefficient (Wildman–Crippen LogP) is 4.87. The highest BCUT2D eigenvalue weighted by molar-refractivity contribution is 5.96. The van der Waals surface area contributed by atoms with Gasteiger partial charge in [0.15, 0.2) is 5.76 Å². The van der Waals surface area contributed by atoms with Gasteiger partial charge in [0.1, 0.15) is 17.6 Å². The number of carbonyl (C=O) groups is 2. The van der Waals surface area contributed by atoms with Gasteiger partial charge in [0.25, 0.3) is 5.91 Å². The molecule has 1 aromatic heterocycles. The number of halogens is 1. The van der Waals surface area contributed by atoms with Gasteiger partial charge in [-0.25, -0.2) is 4.39 Å². The first kappa shape index (κ1) is 22.6. The molecule has 0 aliphatic heterocycles. The van der Waals surface area contributed by atoms with Crippen LogP contribution < -0.4 is 10.1 Å². The van der Waals surface area contributed by atoms with E-state index < -0.39 is 23.7 Å². The number of furan rings is 1. The number of rotatable bonds is 8. The summed E-state index contributed by atoms with van der Waals surface area (Å²) in [6.07, 6.45) is 5.21. The van der Waals surface area contributed by atoms with E-state index in [4.69, 9.17) is 9.15 Å². The van der Waals surface area contributed by atoms with Gasteiger partial charge in [-0.3, -0.25) is 9.59 Å². The number of methoxy groups -OCH3 is 1. The molecule has 1 aliphatic rings. The van der Waals surface area contributed by atoms with E-state index in [1.807, 2.05) is 6.07 Å². The van der Waals surface area contributed by atoms with Crippen LogP contribution in [0.1, 0.15) is 53.4 Å².